The van der Waals surface area contributed by atoms with Gasteiger partial charge in [-0.3, -0.25) is 4.98 Å². The highest BCUT2D eigenvalue weighted by Gasteiger charge is 2.28. The number of nitrogen functional groups attached to an aromatic ring is 1. The molecule has 0 radical (unpaired) electrons. The molecule has 1 aliphatic rings. The highest BCUT2D eigenvalue weighted by Crippen LogP contribution is 2.36. The fourth-order valence-corrected chi connectivity index (χ4v) is 3.20. The predicted octanol–water partition coefficient (Wildman–Crippen LogP) is 3.44. The monoisotopic (exact) mass is 255 g/mol. The lowest BCUT2D eigenvalue weighted by Gasteiger charge is -2.31. The second-order valence-electron chi connectivity index (χ2n) is 5.72. The maximum absolute atomic E-state index is 6.38. The molecule has 2 N–H and O–H groups in total. The molecule has 0 aliphatic carbocycles. The zero-order valence-electron chi connectivity index (χ0n) is 11.6. The summed E-state index contributed by atoms with van der Waals surface area (Å²) in [6.07, 6.45) is 4.34. The van der Waals surface area contributed by atoms with E-state index in [-0.39, 0.29) is 0 Å². The summed E-state index contributed by atoms with van der Waals surface area (Å²) < 4.78 is 0. The fraction of sp³-hybridized carbons (Fsp3) is 0.438. The van der Waals surface area contributed by atoms with Crippen molar-refractivity contribution in [1.82, 2.24) is 4.98 Å². The first-order valence-corrected chi connectivity index (χ1v) is 7.08. The molecule has 2 heterocycles. The number of aromatic nitrogens is 1. The Bertz CT molecular complexity index is 592. The Morgan fingerprint density at radius 2 is 2.16 bits per heavy atom. The van der Waals surface area contributed by atoms with Gasteiger partial charge in [0.2, 0.25) is 0 Å². The standard InChI is InChI=1S/C16H21N3/c1-11(2)14-6-4-10-19(14)15-8-7-13-12(16(15)17)5-3-9-18-13/h3,5,7-9,11,14H,4,6,10,17H2,1-2H3. The van der Waals surface area contributed by atoms with E-state index in [9.17, 15) is 0 Å². The third-order valence-corrected chi connectivity index (χ3v) is 4.18. The fourth-order valence-electron chi connectivity index (χ4n) is 3.20. The predicted molar refractivity (Wildman–Crippen MR) is 81.4 cm³/mol. The van der Waals surface area contributed by atoms with E-state index in [1.54, 1.807) is 0 Å². The van der Waals surface area contributed by atoms with Crippen molar-refractivity contribution >= 4 is 22.3 Å². The molecule has 1 aromatic heterocycles. The van der Waals surface area contributed by atoms with E-state index in [1.807, 2.05) is 12.3 Å². The summed E-state index contributed by atoms with van der Waals surface area (Å²) in [5, 5.41) is 1.06. The van der Waals surface area contributed by atoms with E-state index in [4.69, 9.17) is 5.73 Å². The molecule has 1 aromatic carbocycles. The summed E-state index contributed by atoms with van der Waals surface area (Å²) >= 11 is 0. The van der Waals surface area contributed by atoms with Gasteiger partial charge in [-0.15, -0.1) is 0 Å². The molecule has 1 unspecified atom stereocenters. The first-order chi connectivity index (χ1) is 9.18. The van der Waals surface area contributed by atoms with Crippen molar-refractivity contribution < 1.29 is 0 Å². The lowest BCUT2D eigenvalue weighted by molar-refractivity contribution is 0.492. The van der Waals surface area contributed by atoms with Crippen LogP contribution >= 0.6 is 0 Å². The maximum atomic E-state index is 6.38. The molecular formula is C16H21N3. The van der Waals surface area contributed by atoms with Gasteiger partial charge in [0.05, 0.1) is 16.9 Å². The Morgan fingerprint density at radius 1 is 1.32 bits per heavy atom. The third kappa shape index (κ3) is 2.03. The molecule has 1 aliphatic heterocycles. The molecule has 3 heteroatoms. The van der Waals surface area contributed by atoms with Crippen LogP contribution in [0.25, 0.3) is 10.9 Å². The largest absolute Gasteiger partial charge is 0.396 e. The van der Waals surface area contributed by atoms with Gasteiger partial charge in [-0.05, 0) is 43.0 Å². The van der Waals surface area contributed by atoms with Crippen molar-refractivity contribution in [3.63, 3.8) is 0 Å². The summed E-state index contributed by atoms with van der Waals surface area (Å²) in [5.41, 5.74) is 9.41. The normalized spacial score (nSPS) is 19.5. The molecule has 1 saturated heterocycles. The average Bonchev–Trinajstić information content (AvgIpc) is 2.89. The van der Waals surface area contributed by atoms with Crippen LogP contribution in [0.5, 0.6) is 0 Å². The van der Waals surface area contributed by atoms with Crippen molar-refractivity contribution in [3.05, 3.63) is 30.5 Å². The van der Waals surface area contributed by atoms with E-state index in [0.29, 0.717) is 12.0 Å². The van der Waals surface area contributed by atoms with Crippen LogP contribution in [0.1, 0.15) is 26.7 Å². The molecule has 1 fully saturated rings. The number of nitrogens with zero attached hydrogens (tertiary/aromatic N) is 2. The minimum absolute atomic E-state index is 0.608. The Labute approximate surface area is 114 Å². The van der Waals surface area contributed by atoms with Crippen molar-refractivity contribution in [2.75, 3.05) is 17.2 Å². The van der Waals surface area contributed by atoms with Gasteiger partial charge >= 0.3 is 0 Å². The topological polar surface area (TPSA) is 42.2 Å². The van der Waals surface area contributed by atoms with Crippen molar-refractivity contribution in [1.29, 1.82) is 0 Å². The average molecular weight is 255 g/mol. The maximum Gasteiger partial charge on any atom is 0.0724 e. The molecular weight excluding hydrogens is 234 g/mol. The minimum Gasteiger partial charge on any atom is -0.396 e. The van der Waals surface area contributed by atoms with Crippen LogP contribution in [-0.4, -0.2) is 17.6 Å². The molecule has 100 valence electrons. The number of fused-ring (bicyclic) bond motifs is 1. The summed E-state index contributed by atoms with van der Waals surface area (Å²) in [6, 6.07) is 8.83. The van der Waals surface area contributed by atoms with Crippen LogP contribution in [0.3, 0.4) is 0 Å². The molecule has 1 atom stereocenters. The molecule has 3 rings (SSSR count). The zero-order chi connectivity index (χ0) is 13.4. The minimum atomic E-state index is 0.608. The molecule has 0 amide bonds. The van der Waals surface area contributed by atoms with Gasteiger partial charge in [0, 0.05) is 24.2 Å². The second-order valence-corrected chi connectivity index (χ2v) is 5.72. The van der Waals surface area contributed by atoms with E-state index in [2.05, 4.69) is 41.9 Å². The van der Waals surface area contributed by atoms with Gasteiger partial charge in [0.15, 0.2) is 0 Å². The van der Waals surface area contributed by atoms with Crippen molar-refractivity contribution in [3.8, 4) is 0 Å². The van der Waals surface area contributed by atoms with E-state index in [1.165, 1.54) is 18.5 Å². The SMILES string of the molecule is CC(C)C1CCCN1c1ccc2ncccc2c1N. The Balaban J connectivity index is 2.08. The molecule has 3 nitrogen and oxygen atoms in total. The van der Waals surface area contributed by atoms with Crippen LogP contribution in [0.15, 0.2) is 30.5 Å². The lowest BCUT2D eigenvalue weighted by atomic mass is 10.0. The van der Waals surface area contributed by atoms with Gasteiger partial charge in [-0.1, -0.05) is 13.8 Å². The summed E-state index contributed by atoms with van der Waals surface area (Å²) in [5.74, 6) is 0.659. The first kappa shape index (κ1) is 12.3. The van der Waals surface area contributed by atoms with Gasteiger partial charge < -0.3 is 10.6 Å². The summed E-state index contributed by atoms with van der Waals surface area (Å²) in [6.45, 7) is 5.70. The van der Waals surface area contributed by atoms with Gasteiger partial charge in [-0.2, -0.15) is 0 Å². The highest BCUT2D eigenvalue weighted by atomic mass is 15.2. The lowest BCUT2D eigenvalue weighted by Crippen LogP contribution is -2.33. The third-order valence-electron chi connectivity index (χ3n) is 4.18. The zero-order valence-corrected chi connectivity index (χ0v) is 11.6. The van der Waals surface area contributed by atoms with E-state index < -0.39 is 0 Å². The molecule has 0 saturated carbocycles. The summed E-state index contributed by atoms with van der Waals surface area (Å²) in [7, 11) is 0. The molecule has 2 aromatic rings. The van der Waals surface area contributed by atoms with Gasteiger partial charge in [0.1, 0.15) is 0 Å². The number of pyridine rings is 1. The van der Waals surface area contributed by atoms with Crippen LogP contribution in [-0.2, 0) is 0 Å². The van der Waals surface area contributed by atoms with Crippen molar-refractivity contribution in [2.24, 2.45) is 5.92 Å². The molecule has 0 bridgehead atoms. The summed E-state index contributed by atoms with van der Waals surface area (Å²) in [4.78, 5) is 6.84. The quantitative estimate of drug-likeness (QED) is 0.836. The number of benzene rings is 1. The Morgan fingerprint density at radius 3 is 2.95 bits per heavy atom. The molecule has 0 spiro atoms. The van der Waals surface area contributed by atoms with E-state index >= 15 is 0 Å². The Hall–Kier alpha value is -1.77. The number of anilines is 2. The number of hydrogen-bond acceptors (Lipinski definition) is 3. The van der Waals surface area contributed by atoms with E-state index in [0.717, 1.165) is 23.1 Å². The van der Waals surface area contributed by atoms with Crippen LogP contribution < -0.4 is 10.6 Å². The van der Waals surface area contributed by atoms with Gasteiger partial charge in [-0.25, -0.2) is 0 Å². The number of hydrogen-bond donors (Lipinski definition) is 1. The second kappa shape index (κ2) is 4.72. The van der Waals surface area contributed by atoms with Crippen LogP contribution in [0.2, 0.25) is 0 Å². The van der Waals surface area contributed by atoms with Crippen molar-refractivity contribution in [2.45, 2.75) is 32.7 Å². The van der Waals surface area contributed by atoms with Gasteiger partial charge in [0.25, 0.3) is 0 Å². The smallest absolute Gasteiger partial charge is 0.0724 e. The van der Waals surface area contributed by atoms with Crippen LogP contribution in [0.4, 0.5) is 11.4 Å². The van der Waals surface area contributed by atoms with Crippen LogP contribution in [0, 0.1) is 5.92 Å². The Kier molecular flexibility index (Phi) is 3.05. The first-order valence-electron chi connectivity index (χ1n) is 7.08. The number of rotatable bonds is 2. The highest BCUT2D eigenvalue weighted by molar-refractivity contribution is 5.97. The molecule has 19 heavy (non-hydrogen) atoms. The number of nitrogens with two attached hydrogens (primary N) is 1.